The molecule has 1 aliphatic heterocycles. The van der Waals surface area contributed by atoms with Crippen molar-refractivity contribution in [3.05, 3.63) is 24.0 Å². The fourth-order valence-corrected chi connectivity index (χ4v) is 4.79. The van der Waals surface area contributed by atoms with Gasteiger partial charge in [-0.05, 0) is 43.9 Å². The van der Waals surface area contributed by atoms with Gasteiger partial charge >= 0.3 is 0 Å². The number of carbonyl (C=O) groups is 1. The summed E-state index contributed by atoms with van der Waals surface area (Å²) in [4.78, 5) is 19.5. The smallest absolute Gasteiger partial charge is 0.242 e. The average molecular weight is 407 g/mol. The van der Waals surface area contributed by atoms with Crippen molar-refractivity contribution in [2.75, 3.05) is 27.2 Å². The van der Waals surface area contributed by atoms with E-state index in [1.807, 2.05) is 11.8 Å². The van der Waals surface area contributed by atoms with E-state index in [0.29, 0.717) is 24.3 Å². The molecule has 1 aromatic heterocycles. The lowest BCUT2D eigenvalue weighted by Gasteiger charge is -2.31. The summed E-state index contributed by atoms with van der Waals surface area (Å²) in [5.41, 5.74) is 1.55. The Labute approximate surface area is 167 Å². The molecular weight excluding hydrogens is 376 g/mol. The maximum atomic E-state index is 12.6. The lowest BCUT2D eigenvalue weighted by atomic mass is 10.00. The number of amides is 1. The minimum absolute atomic E-state index is 0.178. The average Bonchev–Trinajstić information content (AvgIpc) is 3.02. The van der Waals surface area contributed by atoms with Crippen LogP contribution in [0.3, 0.4) is 0 Å². The summed E-state index contributed by atoms with van der Waals surface area (Å²) in [6.45, 7) is 6.63. The van der Waals surface area contributed by atoms with Gasteiger partial charge in [0.25, 0.3) is 0 Å². The minimum Gasteiger partial charge on any atom is -0.342 e. The highest BCUT2D eigenvalue weighted by Gasteiger charge is 2.22. The highest BCUT2D eigenvalue weighted by molar-refractivity contribution is 7.89. The number of fused-ring (bicyclic) bond motifs is 1. The minimum atomic E-state index is -3.50. The first kappa shape index (κ1) is 20.8. The van der Waals surface area contributed by atoms with Gasteiger partial charge in [-0.3, -0.25) is 4.79 Å². The molecule has 0 bridgehead atoms. The Morgan fingerprint density at radius 3 is 2.71 bits per heavy atom. The maximum absolute atomic E-state index is 12.6. The van der Waals surface area contributed by atoms with E-state index in [0.717, 1.165) is 37.4 Å². The van der Waals surface area contributed by atoms with Gasteiger partial charge in [0.1, 0.15) is 5.82 Å². The van der Waals surface area contributed by atoms with Crippen LogP contribution in [0.15, 0.2) is 23.1 Å². The van der Waals surface area contributed by atoms with E-state index in [9.17, 15) is 13.2 Å². The molecule has 1 saturated heterocycles. The summed E-state index contributed by atoms with van der Waals surface area (Å²) in [6, 6.07) is 5.05. The van der Waals surface area contributed by atoms with Gasteiger partial charge in [-0.1, -0.05) is 6.92 Å². The summed E-state index contributed by atoms with van der Waals surface area (Å²) < 4.78 is 28.1. The van der Waals surface area contributed by atoms with Crippen molar-refractivity contribution in [3.8, 4) is 0 Å². The molecular formula is C20H30N4O3S. The molecule has 0 saturated carbocycles. The van der Waals surface area contributed by atoms with Crippen LogP contribution >= 0.6 is 0 Å². The maximum Gasteiger partial charge on any atom is 0.242 e. The van der Waals surface area contributed by atoms with Gasteiger partial charge in [0.2, 0.25) is 15.9 Å². The normalized spacial score (nSPS) is 18.2. The second kappa shape index (κ2) is 8.21. The van der Waals surface area contributed by atoms with Gasteiger partial charge < -0.3 is 9.47 Å². The largest absolute Gasteiger partial charge is 0.342 e. The molecule has 28 heavy (non-hydrogen) atoms. The van der Waals surface area contributed by atoms with Crippen molar-refractivity contribution in [1.82, 2.24) is 18.8 Å². The van der Waals surface area contributed by atoms with Crippen LogP contribution < -0.4 is 0 Å². The Morgan fingerprint density at radius 1 is 1.32 bits per heavy atom. The zero-order chi connectivity index (χ0) is 20.5. The van der Waals surface area contributed by atoms with E-state index in [-0.39, 0.29) is 10.8 Å². The first-order valence-electron chi connectivity index (χ1n) is 9.93. The summed E-state index contributed by atoms with van der Waals surface area (Å²) in [7, 11) is -0.468. The molecule has 0 unspecified atom stereocenters. The monoisotopic (exact) mass is 406 g/mol. The predicted octanol–water partition coefficient (Wildman–Crippen LogP) is 2.50. The molecule has 8 heteroatoms. The molecule has 0 radical (unpaired) electrons. The quantitative estimate of drug-likeness (QED) is 0.739. The van der Waals surface area contributed by atoms with Gasteiger partial charge in [-0.15, -0.1) is 0 Å². The van der Waals surface area contributed by atoms with Crippen LogP contribution in [0.1, 0.15) is 38.9 Å². The molecule has 1 aromatic carbocycles. The third-order valence-corrected chi connectivity index (χ3v) is 7.28. The molecule has 1 atom stereocenters. The summed E-state index contributed by atoms with van der Waals surface area (Å²) >= 11 is 0. The molecule has 1 fully saturated rings. The van der Waals surface area contributed by atoms with Crippen molar-refractivity contribution >= 4 is 27.0 Å². The van der Waals surface area contributed by atoms with Crippen molar-refractivity contribution in [3.63, 3.8) is 0 Å². The Bertz CT molecular complexity index is 965. The Balaban J connectivity index is 1.82. The Kier molecular flexibility index (Phi) is 6.09. The highest BCUT2D eigenvalue weighted by atomic mass is 32.2. The van der Waals surface area contributed by atoms with Gasteiger partial charge in [0, 0.05) is 46.6 Å². The summed E-state index contributed by atoms with van der Waals surface area (Å²) in [5, 5.41) is 0. The van der Waals surface area contributed by atoms with Gasteiger partial charge in [-0.2, -0.15) is 0 Å². The second-order valence-corrected chi connectivity index (χ2v) is 9.95. The SMILES string of the molecule is CCn1c(CCC(=O)N2CCC[C@@H](C)C2)nc2cc(S(=O)(=O)N(C)C)ccc21. The molecule has 154 valence electrons. The van der Waals surface area contributed by atoms with Crippen LogP contribution in [0.4, 0.5) is 0 Å². The van der Waals surface area contributed by atoms with Crippen LogP contribution in [0.2, 0.25) is 0 Å². The molecule has 0 spiro atoms. The number of aryl methyl sites for hydroxylation is 2. The predicted molar refractivity (Wildman–Crippen MR) is 110 cm³/mol. The number of carbonyl (C=O) groups excluding carboxylic acids is 1. The number of sulfonamides is 1. The third kappa shape index (κ3) is 4.07. The van der Waals surface area contributed by atoms with Gasteiger partial charge in [-0.25, -0.2) is 17.7 Å². The van der Waals surface area contributed by atoms with Crippen LogP contribution in [-0.4, -0.2) is 60.3 Å². The van der Waals surface area contributed by atoms with Gasteiger partial charge in [0.15, 0.2) is 0 Å². The number of benzene rings is 1. The zero-order valence-electron chi connectivity index (χ0n) is 17.2. The van der Waals surface area contributed by atoms with E-state index < -0.39 is 10.0 Å². The molecule has 2 heterocycles. The first-order chi connectivity index (χ1) is 13.2. The number of hydrogen-bond acceptors (Lipinski definition) is 4. The fraction of sp³-hybridized carbons (Fsp3) is 0.600. The van der Waals surface area contributed by atoms with Crippen LogP contribution in [0.25, 0.3) is 11.0 Å². The number of nitrogens with zero attached hydrogens (tertiary/aromatic N) is 4. The lowest BCUT2D eigenvalue weighted by molar-refractivity contribution is -0.132. The zero-order valence-corrected chi connectivity index (χ0v) is 18.0. The van der Waals surface area contributed by atoms with E-state index in [1.165, 1.54) is 24.8 Å². The van der Waals surface area contributed by atoms with Crippen molar-refractivity contribution in [2.45, 2.75) is 51.0 Å². The molecule has 7 nitrogen and oxygen atoms in total. The number of aromatic nitrogens is 2. The standard InChI is InChI=1S/C20H30N4O3S/c1-5-24-18-9-8-16(28(26,27)22(3)4)13-17(18)21-19(24)10-11-20(25)23-12-6-7-15(2)14-23/h8-9,13,15H,5-7,10-12,14H2,1-4H3/t15-/m1/s1. The van der Waals surface area contributed by atoms with Gasteiger partial charge in [0.05, 0.1) is 15.9 Å². The summed E-state index contributed by atoms with van der Waals surface area (Å²) in [5.74, 6) is 1.57. The molecule has 2 aromatic rings. The number of imidazole rings is 1. The van der Waals surface area contributed by atoms with Crippen molar-refractivity contribution in [2.24, 2.45) is 5.92 Å². The van der Waals surface area contributed by atoms with Crippen LogP contribution in [0, 0.1) is 5.92 Å². The number of likely N-dealkylation sites (tertiary alicyclic amines) is 1. The molecule has 3 rings (SSSR count). The lowest BCUT2D eigenvalue weighted by Crippen LogP contribution is -2.39. The Hall–Kier alpha value is -1.93. The second-order valence-electron chi connectivity index (χ2n) is 7.80. The highest BCUT2D eigenvalue weighted by Crippen LogP contribution is 2.23. The topological polar surface area (TPSA) is 75.5 Å². The van der Waals surface area contributed by atoms with E-state index in [4.69, 9.17) is 0 Å². The molecule has 1 aliphatic rings. The number of hydrogen-bond donors (Lipinski definition) is 0. The molecule has 0 N–H and O–H groups in total. The first-order valence-corrected chi connectivity index (χ1v) is 11.4. The van der Waals surface area contributed by atoms with E-state index >= 15 is 0 Å². The van der Waals surface area contributed by atoms with E-state index in [1.54, 1.807) is 18.2 Å². The molecule has 0 aliphatic carbocycles. The van der Waals surface area contributed by atoms with E-state index in [2.05, 4.69) is 16.5 Å². The van der Waals surface area contributed by atoms with Crippen molar-refractivity contribution < 1.29 is 13.2 Å². The number of rotatable bonds is 6. The Morgan fingerprint density at radius 2 is 2.07 bits per heavy atom. The fourth-order valence-electron chi connectivity index (χ4n) is 3.87. The van der Waals surface area contributed by atoms with Crippen LogP contribution in [0.5, 0.6) is 0 Å². The molecule has 1 amide bonds. The number of piperidine rings is 1. The van der Waals surface area contributed by atoms with Crippen LogP contribution in [-0.2, 0) is 27.8 Å². The summed E-state index contributed by atoms with van der Waals surface area (Å²) in [6.07, 6.45) is 3.25. The third-order valence-electron chi connectivity index (χ3n) is 5.47. The van der Waals surface area contributed by atoms with Crippen molar-refractivity contribution in [1.29, 1.82) is 0 Å².